The van der Waals surface area contributed by atoms with Crippen LogP contribution in [0.3, 0.4) is 0 Å². The second kappa shape index (κ2) is 4.93. The van der Waals surface area contributed by atoms with E-state index in [9.17, 15) is 13.2 Å². The second-order valence-corrected chi connectivity index (χ2v) is 6.19. The molecule has 0 aliphatic heterocycles. The Kier molecular flexibility index (Phi) is 4.00. The molecule has 0 atom stereocenters. The summed E-state index contributed by atoms with van der Waals surface area (Å²) >= 11 is 0. The third kappa shape index (κ3) is 3.61. The van der Waals surface area contributed by atoms with Crippen LogP contribution in [-0.2, 0) is 9.05 Å². The topological polar surface area (TPSA) is 86.5 Å². The Morgan fingerprint density at radius 2 is 2.00 bits per heavy atom. The van der Waals surface area contributed by atoms with Crippen LogP contribution in [0.25, 0.3) is 0 Å². The molecule has 17 heavy (non-hydrogen) atoms. The van der Waals surface area contributed by atoms with Crippen LogP contribution < -0.4 is 10.5 Å². The van der Waals surface area contributed by atoms with E-state index >= 15 is 0 Å². The number of nitrogens with two attached hydrogens (primary N) is 1. The molecule has 0 aliphatic carbocycles. The fourth-order valence-corrected chi connectivity index (χ4v) is 1.98. The van der Waals surface area contributed by atoms with Crippen LogP contribution in [0.15, 0.2) is 23.1 Å². The van der Waals surface area contributed by atoms with Crippen molar-refractivity contribution in [2.45, 2.75) is 24.8 Å². The van der Waals surface area contributed by atoms with E-state index in [4.69, 9.17) is 21.2 Å². The zero-order chi connectivity index (χ0) is 13.2. The van der Waals surface area contributed by atoms with Gasteiger partial charge in [-0.1, -0.05) is 0 Å². The number of rotatable bonds is 4. The molecule has 0 bridgehead atoms. The average molecular weight is 278 g/mol. The van der Waals surface area contributed by atoms with Gasteiger partial charge in [0.1, 0.15) is 5.75 Å². The first-order valence-corrected chi connectivity index (χ1v) is 7.08. The molecule has 0 radical (unpaired) electrons. The average Bonchev–Trinajstić information content (AvgIpc) is 2.14. The standard InChI is InChI=1S/C10H12ClNO4S/c1-6(2)16-9-5-7(17(11,14)15)3-4-8(9)10(12)13/h3-6H,1-2H3,(H2,12,13). The zero-order valence-corrected chi connectivity index (χ0v) is 10.9. The van der Waals surface area contributed by atoms with Crippen molar-refractivity contribution in [1.29, 1.82) is 0 Å². The van der Waals surface area contributed by atoms with E-state index in [1.807, 2.05) is 0 Å². The van der Waals surface area contributed by atoms with E-state index in [1.54, 1.807) is 13.8 Å². The summed E-state index contributed by atoms with van der Waals surface area (Å²) in [6, 6.07) is 3.66. The number of carbonyl (C=O) groups excluding carboxylic acids is 1. The molecule has 0 aromatic heterocycles. The molecule has 0 spiro atoms. The summed E-state index contributed by atoms with van der Waals surface area (Å²) in [7, 11) is 1.34. The van der Waals surface area contributed by atoms with Crippen LogP contribution in [0, 0.1) is 0 Å². The summed E-state index contributed by atoms with van der Waals surface area (Å²) in [4.78, 5) is 11.0. The Labute approximate surface area is 104 Å². The number of carbonyl (C=O) groups is 1. The fraction of sp³-hybridized carbons (Fsp3) is 0.300. The molecule has 0 heterocycles. The first-order valence-electron chi connectivity index (χ1n) is 4.77. The van der Waals surface area contributed by atoms with Crippen LogP contribution in [0.5, 0.6) is 5.75 Å². The summed E-state index contributed by atoms with van der Waals surface area (Å²) < 4.78 is 27.6. The van der Waals surface area contributed by atoms with Gasteiger partial charge in [-0.15, -0.1) is 0 Å². The molecule has 1 aromatic carbocycles. The van der Waals surface area contributed by atoms with Gasteiger partial charge in [-0.2, -0.15) is 0 Å². The maximum Gasteiger partial charge on any atom is 0.261 e. The van der Waals surface area contributed by atoms with Gasteiger partial charge in [0.25, 0.3) is 15.0 Å². The lowest BCUT2D eigenvalue weighted by Gasteiger charge is -2.13. The third-order valence-electron chi connectivity index (χ3n) is 1.86. The van der Waals surface area contributed by atoms with E-state index in [0.29, 0.717) is 0 Å². The van der Waals surface area contributed by atoms with Gasteiger partial charge in [-0.05, 0) is 26.0 Å². The predicted molar refractivity (Wildman–Crippen MR) is 63.8 cm³/mol. The Morgan fingerprint density at radius 1 is 1.41 bits per heavy atom. The molecule has 0 fully saturated rings. The lowest BCUT2D eigenvalue weighted by molar-refractivity contribution is 0.0994. The minimum absolute atomic E-state index is 0.106. The Hall–Kier alpha value is -1.27. The van der Waals surface area contributed by atoms with E-state index in [2.05, 4.69) is 0 Å². The number of benzene rings is 1. The Morgan fingerprint density at radius 3 is 2.41 bits per heavy atom. The van der Waals surface area contributed by atoms with Crippen molar-refractivity contribution in [3.63, 3.8) is 0 Å². The molecule has 0 aliphatic rings. The highest BCUT2D eigenvalue weighted by Crippen LogP contribution is 2.25. The molecular formula is C10H12ClNO4S. The summed E-state index contributed by atoms with van der Waals surface area (Å²) in [6.07, 6.45) is -0.221. The molecule has 0 unspecified atom stereocenters. The normalized spacial score (nSPS) is 11.5. The minimum Gasteiger partial charge on any atom is -0.490 e. The lowest BCUT2D eigenvalue weighted by atomic mass is 10.2. The van der Waals surface area contributed by atoms with Crippen LogP contribution in [-0.4, -0.2) is 20.4 Å². The minimum atomic E-state index is -3.86. The van der Waals surface area contributed by atoms with Gasteiger partial charge in [0.2, 0.25) is 0 Å². The van der Waals surface area contributed by atoms with Crippen molar-refractivity contribution in [2.75, 3.05) is 0 Å². The van der Waals surface area contributed by atoms with Crippen LogP contribution in [0.1, 0.15) is 24.2 Å². The zero-order valence-electron chi connectivity index (χ0n) is 9.31. The van der Waals surface area contributed by atoms with Crippen molar-refractivity contribution >= 4 is 25.6 Å². The molecular weight excluding hydrogens is 266 g/mol. The highest BCUT2D eigenvalue weighted by atomic mass is 35.7. The van der Waals surface area contributed by atoms with Gasteiger partial charge in [0, 0.05) is 16.7 Å². The molecule has 7 heteroatoms. The van der Waals surface area contributed by atoms with Gasteiger partial charge in [-0.25, -0.2) is 8.42 Å². The lowest BCUT2D eigenvalue weighted by Crippen LogP contribution is -2.16. The van der Waals surface area contributed by atoms with E-state index < -0.39 is 15.0 Å². The molecule has 1 rings (SSSR count). The van der Waals surface area contributed by atoms with Crippen LogP contribution >= 0.6 is 10.7 Å². The van der Waals surface area contributed by atoms with Crippen molar-refractivity contribution in [3.8, 4) is 5.75 Å². The summed E-state index contributed by atoms with van der Waals surface area (Å²) in [5.74, 6) is -0.589. The SMILES string of the molecule is CC(C)Oc1cc(S(=O)(=O)Cl)ccc1C(N)=O. The van der Waals surface area contributed by atoms with Crippen molar-refractivity contribution in [2.24, 2.45) is 5.73 Å². The van der Waals surface area contributed by atoms with Crippen LogP contribution in [0.4, 0.5) is 0 Å². The number of hydrogen-bond acceptors (Lipinski definition) is 4. The van der Waals surface area contributed by atoms with Crippen molar-refractivity contribution < 1.29 is 17.9 Å². The molecule has 94 valence electrons. The predicted octanol–water partition coefficient (Wildman–Crippen LogP) is 1.50. The second-order valence-electron chi connectivity index (χ2n) is 3.63. The summed E-state index contributed by atoms with van der Waals surface area (Å²) in [5, 5.41) is 0. The van der Waals surface area contributed by atoms with Gasteiger partial charge >= 0.3 is 0 Å². The van der Waals surface area contributed by atoms with Crippen molar-refractivity contribution in [3.05, 3.63) is 23.8 Å². The first kappa shape index (κ1) is 13.8. The highest BCUT2D eigenvalue weighted by Gasteiger charge is 2.17. The molecule has 0 saturated heterocycles. The number of primary amides is 1. The monoisotopic (exact) mass is 277 g/mol. The Balaban J connectivity index is 3.34. The van der Waals surface area contributed by atoms with Gasteiger partial charge in [0.05, 0.1) is 16.6 Å². The molecule has 0 saturated carbocycles. The summed E-state index contributed by atoms with van der Waals surface area (Å²) in [6.45, 7) is 3.49. The quantitative estimate of drug-likeness (QED) is 0.845. The smallest absolute Gasteiger partial charge is 0.261 e. The maximum absolute atomic E-state index is 11.1. The van der Waals surface area contributed by atoms with Gasteiger partial charge in [0.15, 0.2) is 0 Å². The van der Waals surface area contributed by atoms with E-state index in [0.717, 1.165) is 0 Å². The number of hydrogen-bond donors (Lipinski definition) is 1. The Bertz CT molecular complexity index is 539. The maximum atomic E-state index is 11.1. The summed E-state index contributed by atoms with van der Waals surface area (Å²) in [5.41, 5.74) is 5.26. The number of halogens is 1. The number of amides is 1. The highest BCUT2D eigenvalue weighted by molar-refractivity contribution is 8.13. The van der Waals surface area contributed by atoms with Gasteiger partial charge < -0.3 is 10.5 Å². The molecule has 1 aromatic rings. The van der Waals surface area contributed by atoms with Gasteiger partial charge in [-0.3, -0.25) is 4.79 Å². The van der Waals surface area contributed by atoms with E-state index in [1.165, 1.54) is 18.2 Å². The first-order chi connectivity index (χ1) is 7.71. The van der Waals surface area contributed by atoms with Crippen LogP contribution in [0.2, 0.25) is 0 Å². The molecule has 5 nitrogen and oxygen atoms in total. The van der Waals surface area contributed by atoms with Crippen molar-refractivity contribution in [1.82, 2.24) is 0 Å². The third-order valence-corrected chi connectivity index (χ3v) is 3.21. The van der Waals surface area contributed by atoms with E-state index in [-0.39, 0.29) is 22.3 Å². The number of ether oxygens (including phenoxy) is 1. The fourth-order valence-electron chi connectivity index (χ4n) is 1.21. The molecule has 1 amide bonds. The largest absolute Gasteiger partial charge is 0.490 e. The molecule has 2 N–H and O–H groups in total.